The first-order valence-electron chi connectivity index (χ1n) is 8.49. The maximum atomic E-state index is 13.0. The summed E-state index contributed by atoms with van der Waals surface area (Å²) in [4.78, 5) is 17.8. The molecule has 0 atom stereocenters. The first-order valence-corrected chi connectivity index (χ1v) is 9.28. The van der Waals surface area contributed by atoms with Gasteiger partial charge in [0, 0.05) is 28.5 Å². The smallest absolute Gasteiger partial charge is 0.257 e. The lowest BCUT2D eigenvalue weighted by Crippen LogP contribution is -2.15. The van der Waals surface area contributed by atoms with Gasteiger partial charge in [-0.3, -0.25) is 9.48 Å². The Bertz CT molecular complexity index is 1150. The molecule has 0 aliphatic rings. The Morgan fingerprint density at radius 3 is 2.52 bits per heavy atom. The number of pyridine rings is 1. The van der Waals surface area contributed by atoms with Crippen molar-refractivity contribution in [2.45, 2.75) is 6.92 Å². The summed E-state index contributed by atoms with van der Waals surface area (Å²) in [7, 11) is 1.81. The number of carbonyl (C=O) groups is 1. The number of aryl methyl sites for hydroxylation is 2. The van der Waals surface area contributed by atoms with Crippen molar-refractivity contribution >= 4 is 38.6 Å². The summed E-state index contributed by atoms with van der Waals surface area (Å²) in [5, 5.41) is 8.05. The Hall–Kier alpha value is -2.99. The monoisotopic (exact) mass is 420 g/mol. The second-order valence-electron chi connectivity index (χ2n) is 6.33. The van der Waals surface area contributed by atoms with Crippen molar-refractivity contribution in [2.24, 2.45) is 7.05 Å². The Balaban J connectivity index is 1.81. The molecule has 1 N–H and O–H groups in total. The molecule has 2 heterocycles. The fourth-order valence-corrected chi connectivity index (χ4v) is 3.31. The van der Waals surface area contributed by atoms with Crippen LogP contribution in [0.1, 0.15) is 16.1 Å². The third kappa shape index (κ3) is 3.48. The SMILES string of the molecule is Cc1cc(NC(=O)c2cc(-c3ccc(Br)cc3)nc3ccccc23)n(C)n1. The molecular weight excluding hydrogens is 404 g/mol. The molecule has 0 aliphatic carbocycles. The Morgan fingerprint density at radius 1 is 1.07 bits per heavy atom. The van der Waals surface area contributed by atoms with Gasteiger partial charge in [0.2, 0.25) is 0 Å². The number of anilines is 1. The van der Waals surface area contributed by atoms with Crippen LogP contribution in [0, 0.1) is 6.92 Å². The average molecular weight is 421 g/mol. The molecule has 4 aromatic rings. The highest BCUT2D eigenvalue weighted by Crippen LogP contribution is 2.26. The third-order valence-corrected chi connectivity index (χ3v) is 4.87. The second-order valence-corrected chi connectivity index (χ2v) is 7.24. The molecule has 2 aromatic carbocycles. The molecule has 0 aliphatic heterocycles. The Morgan fingerprint density at radius 2 is 1.81 bits per heavy atom. The summed E-state index contributed by atoms with van der Waals surface area (Å²) < 4.78 is 2.66. The van der Waals surface area contributed by atoms with Crippen LogP contribution in [-0.4, -0.2) is 20.7 Å². The zero-order valence-corrected chi connectivity index (χ0v) is 16.5. The van der Waals surface area contributed by atoms with E-state index in [9.17, 15) is 4.79 Å². The first-order chi connectivity index (χ1) is 13.0. The van der Waals surface area contributed by atoms with Gasteiger partial charge in [-0.25, -0.2) is 4.98 Å². The lowest BCUT2D eigenvalue weighted by Gasteiger charge is -2.11. The number of nitrogens with zero attached hydrogens (tertiary/aromatic N) is 3. The number of hydrogen-bond donors (Lipinski definition) is 1. The number of para-hydroxylation sites is 1. The van der Waals surface area contributed by atoms with Gasteiger partial charge in [-0.15, -0.1) is 0 Å². The molecule has 0 unspecified atom stereocenters. The fraction of sp³-hybridized carbons (Fsp3) is 0.0952. The van der Waals surface area contributed by atoms with E-state index in [1.54, 1.807) is 11.7 Å². The maximum Gasteiger partial charge on any atom is 0.257 e. The van der Waals surface area contributed by atoms with Crippen molar-refractivity contribution in [3.8, 4) is 11.3 Å². The molecule has 5 nitrogen and oxygen atoms in total. The maximum absolute atomic E-state index is 13.0. The molecule has 1 amide bonds. The van der Waals surface area contributed by atoms with Crippen LogP contribution in [-0.2, 0) is 7.05 Å². The van der Waals surface area contributed by atoms with Gasteiger partial charge in [-0.05, 0) is 31.2 Å². The molecule has 27 heavy (non-hydrogen) atoms. The summed E-state index contributed by atoms with van der Waals surface area (Å²) in [6, 6.07) is 19.2. The van der Waals surface area contributed by atoms with Crippen molar-refractivity contribution in [3.63, 3.8) is 0 Å². The minimum Gasteiger partial charge on any atom is -0.307 e. The number of hydrogen-bond acceptors (Lipinski definition) is 3. The summed E-state index contributed by atoms with van der Waals surface area (Å²) in [6.45, 7) is 1.89. The van der Waals surface area contributed by atoms with Gasteiger partial charge in [0.1, 0.15) is 5.82 Å². The molecule has 0 saturated carbocycles. The van der Waals surface area contributed by atoms with Gasteiger partial charge >= 0.3 is 0 Å². The quantitative estimate of drug-likeness (QED) is 0.509. The van der Waals surface area contributed by atoms with E-state index in [-0.39, 0.29) is 5.91 Å². The summed E-state index contributed by atoms with van der Waals surface area (Å²) >= 11 is 3.45. The van der Waals surface area contributed by atoms with Gasteiger partial charge in [-0.2, -0.15) is 5.10 Å². The Labute approximate surface area is 165 Å². The van der Waals surface area contributed by atoms with E-state index >= 15 is 0 Å². The van der Waals surface area contributed by atoms with Crippen molar-refractivity contribution in [3.05, 3.63) is 76.4 Å². The van der Waals surface area contributed by atoms with E-state index in [1.165, 1.54) is 0 Å². The number of rotatable bonds is 3. The first kappa shape index (κ1) is 17.4. The number of benzene rings is 2. The summed E-state index contributed by atoms with van der Waals surface area (Å²) in [5.74, 6) is 0.471. The second kappa shape index (κ2) is 6.96. The standard InChI is InChI=1S/C21H17BrN4O/c1-13-11-20(26(2)25-13)24-21(27)17-12-19(14-7-9-15(22)10-8-14)23-18-6-4-3-5-16(17)18/h3-12H,1-2H3,(H,24,27). The Kier molecular flexibility index (Phi) is 4.49. The number of fused-ring (bicyclic) bond motifs is 1. The molecule has 0 saturated heterocycles. The van der Waals surface area contributed by atoms with E-state index in [0.717, 1.165) is 32.3 Å². The predicted octanol–water partition coefficient (Wildman–Crippen LogP) is 4.96. The minimum absolute atomic E-state index is 0.185. The molecule has 134 valence electrons. The summed E-state index contributed by atoms with van der Waals surface area (Å²) in [5.41, 5.74) is 3.92. The van der Waals surface area contributed by atoms with E-state index in [2.05, 4.69) is 26.3 Å². The fourth-order valence-electron chi connectivity index (χ4n) is 3.04. The highest BCUT2D eigenvalue weighted by molar-refractivity contribution is 9.10. The average Bonchev–Trinajstić information content (AvgIpc) is 2.98. The number of nitrogens with one attached hydrogen (secondary N) is 1. The van der Waals surface area contributed by atoms with Crippen molar-refractivity contribution < 1.29 is 4.79 Å². The normalized spacial score (nSPS) is 10.9. The minimum atomic E-state index is -0.185. The van der Waals surface area contributed by atoms with Crippen molar-refractivity contribution in [2.75, 3.05) is 5.32 Å². The van der Waals surface area contributed by atoms with E-state index in [1.807, 2.05) is 67.6 Å². The van der Waals surface area contributed by atoms with Gasteiger partial charge in [0.15, 0.2) is 0 Å². The molecule has 4 rings (SSSR count). The lowest BCUT2D eigenvalue weighted by molar-refractivity contribution is 0.102. The van der Waals surface area contributed by atoms with Crippen LogP contribution >= 0.6 is 15.9 Å². The van der Waals surface area contributed by atoms with Crippen LogP contribution in [0.2, 0.25) is 0 Å². The zero-order chi connectivity index (χ0) is 19.0. The van der Waals surface area contributed by atoms with Crippen LogP contribution in [0.15, 0.2) is 65.1 Å². The number of aromatic nitrogens is 3. The molecular formula is C21H17BrN4O. The number of carbonyl (C=O) groups excluding carboxylic acids is 1. The van der Waals surface area contributed by atoms with Crippen LogP contribution in [0.5, 0.6) is 0 Å². The molecule has 0 spiro atoms. The van der Waals surface area contributed by atoms with E-state index < -0.39 is 0 Å². The molecule has 0 bridgehead atoms. The van der Waals surface area contributed by atoms with Crippen LogP contribution in [0.3, 0.4) is 0 Å². The van der Waals surface area contributed by atoms with Gasteiger partial charge in [0.25, 0.3) is 5.91 Å². The van der Waals surface area contributed by atoms with Crippen molar-refractivity contribution in [1.29, 1.82) is 0 Å². The largest absolute Gasteiger partial charge is 0.307 e. The highest BCUT2D eigenvalue weighted by atomic mass is 79.9. The van der Waals surface area contributed by atoms with E-state index in [4.69, 9.17) is 4.98 Å². The number of amides is 1. The molecule has 6 heteroatoms. The van der Waals surface area contributed by atoms with E-state index in [0.29, 0.717) is 11.4 Å². The van der Waals surface area contributed by atoms with Gasteiger partial charge in [0.05, 0.1) is 22.5 Å². The van der Waals surface area contributed by atoms with Crippen molar-refractivity contribution in [1.82, 2.24) is 14.8 Å². The molecule has 2 aromatic heterocycles. The number of halogens is 1. The molecule has 0 fully saturated rings. The lowest BCUT2D eigenvalue weighted by atomic mass is 10.0. The summed E-state index contributed by atoms with van der Waals surface area (Å²) in [6.07, 6.45) is 0. The van der Waals surface area contributed by atoms with Crippen LogP contribution in [0.4, 0.5) is 5.82 Å². The highest BCUT2D eigenvalue weighted by Gasteiger charge is 2.15. The van der Waals surface area contributed by atoms with Gasteiger partial charge in [-0.1, -0.05) is 46.3 Å². The zero-order valence-electron chi connectivity index (χ0n) is 14.9. The van der Waals surface area contributed by atoms with Crippen LogP contribution < -0.4 is 5.32 Å². The third-order valence-electron chi connectivity index (χ3n) is 4.34. The predicted molar refractivity (Wildman–Crippen MR) is 111 cm³/mol. The van der Waals surface area contributed by atoms with Gasteiger partial charge < -0.3 is 5.32 Å². The topological polar surface area (TPSA) is 59.8 Å². The molecule has 0 radical (unpaired) electrons. The van der Waals surface area contributed by atoms with Crippen LogP contribution in [0.25, 0.3) is 22.2 Å².